The summed E-state index contributed by atoms with van der Waals surface area (Å²) in [6.45, 7) is 9.93. The second-order valence-electron chi connectivity index (χ2n) is 3.98. The highest BCUT2D eigenvalue weighted by atomic mass is 16.2. The molecule has 0 aliphatic heterocycles. The van der Waals surface area contributed by atoms with E-state index in [1.807, 2.05) is 0 Å². The first kappa shape index (κ1) is 14.4. The normalized spacial score (nSPS) is 12.9. The van der Waals surface area contributed by atoms with Crippen molar-refractivity contribution in [3.05, 3.63) is 0 Å². The maximum atomic E-state index is 11.4. The minimum absolute atomic E-state index is 0.0746. The van der Waals surface area contributed by atoms with Crippen molar-refractivity contribution in [2.45, 2.75) is 27.2 Å². The largest absolute Gasteiger partial charge is 0.354 e. The van der Waals surface area contributed by atoms with Crippen molar-refractivity contribution in [3.8, 4) is 0 Å². The number of rotatable bonds is 8. The van der Waals surface area contributed by atoms with Crippen molar-refractivity contribution in [2.75, 3.05) is 32.7 Å². The van der Waals surface area contributed by atoms with Gasteiger partial charge in [0.25, 0.3) is 0 Å². The average Bonchev–Trinajstić information content (AvgIpc) is 2.25. The molecule has 90 valence electrons. The fourth-order valence-electron chi connectivity index (χ4n) is 1.35. The van der Waals surface area contributed by atoms with E-state index in [0.29, 0.717) is 25.6 Å². The summed E-state index contributed by atoms with van der Waals surface area (Å²) in [5.74, 6) is 0.720. The van der Waals surface area contributed by atoms with Crippen molar-refractivity contribution in [3.63, 3.8) is 0 Å². The number of nitrogens with one attached hydrogen (secondary N) is 1. The van der Waals surface area contributed by atoms with E-state index >= 15 is 0 Å². The van der Waals surface area contributed by atoms with E-state index in [1.165, 1.54) is 0 Å². The molecule has 0 radical (unpaired) electrons. The van der Waals surface area contributed by atoms with E-state index < -0.39 is 0 Å². The number of carbonyl (C=O) groups excluding carboxylic acids is 1. The summed E-state index contributed by atoms with van der Waals surface area (Å²) in [7, 11) is 0. The molecule has 0 aromatic heterocycles. The van der Waals surface area contributed by atoms with Gasteiger partial charge in [-0.05, 0) is 12.5 Å². The maximum Gasteiger partial charge on any atom is 0.234 e. The molecule has 0 aromatic rings. The standard InChI is InChI=1S/C11H25N3O/c1-4-10(3)8-14(5-2)9-11(15)13-7-6-12/h10H,4-9,12H2,1-3H3,(H,13,15). The van der Waals surface area contributed by atoms with Gasteiger partial charge in [0, 0.05) is 19.6 Å². The Morgan fingerprint density at radius 2 is 2.13 bits per heavy atom. The number of hydrogen-bond acceptors (Lipinski definition) is 3. The lowest BCUT2D eigenvalue weighted by atomic mass is 10.1. The second-order valence-corrected chi connectivity index (χ2v) is 3.98. The molecule has 0 aliphatic carbocycles. The van der Waals surface area contributed by atoms with Crippen LogP contribution in [0.3, 0.4) is 0 Å². The van der Waals surface area contributed by atoms with E-state index in [-0.39, 0.29) is 5.91 Å². The molecule has 3 N–H and O–H groups in total. The molecule has 0 spiro atoms. The quantitative estimate of drug-likeness (QED) is 0.617. The monoisotopic (exact) mass is 215 g/mol. The van der Waals surface area contributed by atoms with Gasteiger partial charge < -0.3 is 11.1 Å². The third-order valence-corrected chi connectivity index (χ3v) is 2.55. The summed E-state index contributed by atoms with van der Waals surface area (Å²) in [6.07, 6.45) is 1.15. The van der Waals surface area contributed by atoms with Crippen LogP contribution in [0, 0.1) is 5.92 Å². The zero-order valence-electron chi connectivity index (χ0n) is 10.3. The molecule has 4 heteroatoms. The highest BCUT2D eigenvalue weighted by Gasteiger charge is 2.10. The van der Waals surface area contributed by atoms with Gasteiger partial charge in [0.1, 0.15) is 0 Å². The van der Waals surface area contributed by atoms with E-state index in [9.17, 15) is 4.79 Å². The lowest BCUT2D eigenvalue weighted by molar-refractivity contribution is -0.122. The fraction of sp³-hybridized carbons (Fsp3) is 0.909. The van der Waals surface area contributed by atoms with E-state index in [1.54, 1.807) is 0 Å². The molecule has 0 heterocycles. The highest BCUT2D eigenvalue weighted by Crippen LogP contribution is 2.03. The number of nitrogens with two attached hydrogens (primary N) is 1. The molecule has 1 unspecified atom stereocenters. The summed E-state index contributed by atoms with van der Waals surface area (Å²) in [4.78, 5) is 13.6. The zero-order valence-corrected chi connectivity index (χ0v) is 10.3. The van der Waals surface area contributed by atoms with Crippen molar-refractivity contribution >= 4 is 5.91 Å². The molecule has 4 nitrogen and oxygen atoms in total. The lowest BCUT2D eigenvalue weighted by Crippen LogP contribution is -2.40. The predicted molar refractivity (Wildman–Crippen MR) is 63.6 cm³/mol. The number of carbonyl (C=O) groups is 1. The molecule has 0 fully saturated rings. The first-order chi connectivity index (χ1) is 7.13. The lowest BCUT2D eigenvalue weighted by Gasteiger charge is -2.22. The Morgan fingerprint density at radius 1 is 1.47 bits per heavy atom. The van der Waals surface area contributed by atoms with Gasteiger partial charge in [-0.2, -0.15) is 0 Å². The first-order valence-electron chi connectivity index (χ1n) is 5.83. The van der Waals surface area contributed by atoms with Gasteiger partial charge in [-0.15, -0.1) is 0 Å². The third-order valence-electron chi connectivity index (χ3n) is 2.55. The van der Waals surface area contributed by atoms with Crippen LogP contribution in [-0.2, 0) is 4.79 Å². The van der Waals surface area contributed by atoms with Crippen LogP contribution in [0.5, 0.6) is 0 Å². The van der Waals surface area contributed by atoms with E-state index in [2.05, 4.69) is 31.0 Å². The molecule has 0 saturated carbocycles. The topological polar surface area (TPSA) is 58.4 Å². The smallest absolute Gasteiger partial charge is 0.234 e. The van der Waals surface area contributed by atoms with Crippen LogP contribution in [-0.4, -0.2) is 43.5 Å². The van der Waals surface area contributed by atoms with Gasteiger partial charge in [0.05, 0.1) is 6.54 Å². The minimum Gasteiger partial charge on any atom is -0.354 e. The molecule has 0 saturated heterocycles. The van der Waals surface area contributed by atoms with Gasteiger partial charge in [-0.25, -0.2) is 0 Å². The van der Waals surface area contributed by atoms with E-state index in [0.717, 1.165) is 19.5 Å². The summed E-state index contributed by atoms with van der Waals surface area (Å²) >= 11 is 0. The van der Waals surface area contributed by atoms with Crippen LogP contribution in [0.1, 0.15) is 27.2 Å². The first-order valence-corrected chi connectivity index (χ1v) is 5.83. The molecular formula is C11H25N3O. The summed E-state index contributed by atoms with van der Waals surface area (Å²) in [5, 5.41) is 2.78. The van der Waals surface area contributed by atoms with Crippen LogP contribution in [0.2, 0.25) is 0 Å². The highest BCUT2D eigenvalue weighted by molar-refractivity contribution is 5.77. The van der Waals surface area contributed by atoms with Crippen LogP contribution in [0.4, 0.5) is 0 Å². The number of amides is 1. The van der Waals surface area contributed by atoms with Crippen molar-refractivity contribution < 1.29 is 4.79 Å². The van der Waals surface area contributed by atoms with Crippen molar-refractivity contribution in [2.24, 2.45) is 11.7 Å². The van der Waals surface area contributed by atoms with Gasteiger partial charge >= 0.3 is 0 Å². The molecule has 1 atom stereocenters. The molecular weight excluding hydrogens is 190 g/mol. The van der Waals surface area contributed by atoms with Crippen LogP contribution in [0.15, 0.2) is 0 Å². The minimum atomic E-state index is 0.0746. The SMILES string of the molecule is CCC(C)CN(CC)CC(=O)NCCN. The maximum absolute atomic E-state index is 11.4. The zero-order chi connectivity index (χ0) is 11.7. The Morgan fingerprint density at radius 3 is 2.60 bits per heavy atom. The van der Waals surface area contributed by atoms with Crippen LogP contribution >= 0.6 is 0 Å². The molecule has 0 aromatic carbocycles. The number of nitrogens with zero attached hydrogens (tertiary/aromatic N) is 1. The molecule has 0 rings (SSSR count). The van der Waals surface area contributed by atoms with Crippen LogP contribution < -0.4 is 11.1 Å². The summed E-state index contributed by atoms with van der Waals surface area (Å²) < 4.78 is 0. The van der Waals surface area contributed by atoms with Crippen molar-refractivity contribution in [1.29, 1.82) is 0 Å². The predicted octanol–water partition coefficient (Wildman–Crippen LogP) is 0.429. The Kier molecular flexibility index (Phi) is 8.33. The Balaban J connectivity index is 3.82. The molecule has 1 amide bonds. The molecule has 15 heavy (non-hydrogen) atoms. The second kappa shape index (κ2) is 8.68. The molecule has 0 bridgehead atoms. The third kappa shape index (κ3) is 7.33. The summed E-state index contributed by atoms with van der Waals surface area (Å²) in [5.41, 5.74) is 5.31. The number of hydrogen-bond donors (Lipinski definition) is 2. The number of likely N-dealkylation sites (N-methyl/N-ethyl adjacent to an activating group) is 1. The fourth-order valence-corrected chi connectivity index (χ4v) is 1.35. The molecule has 0 aliphatic rings. The van der Waals surface area contributed by atoms with Gasteiger partial charge in [-0.3, -0.25) is 9.69 Å². The van der Waals surface area contributed by atoms with Crippen LogP contribution in [0.25, 0.3) is 0 Å². The Bertz CT molecular complexity index is 173. The van der Waals surface area contributed by atoms with Gasteiger partial charge in [0.2, 0.25) is 5.91 Å². The van der Waals surface area contributed by atoms with E-state index in [4.69, 9.17) is 5.73 Å². The van der Waals surface area contributed by atoms with Gasteiger partial charge in [0.15, 0.2) is 0 Å². The Labute approximate surface area is 93.2 Å². The van der Waals surface area contributed by atoms with Gasteiger partial charge in [-0.1, -0.05) is 27.2 Å². The van der Waals surface area contributed by atoms with Crippen molar-refractivity contribution in [1.82, 2.24) is 10.2 Å². The Hall–Kier alpha value is -0.610. The summed E-state index contributed by atoms with van der Waals surface area (Å²) in [6, 6.07) is 0. The average molecular weight is 215 g/mol.